The second kappa shape index (κ2) is 4.18. The number of ether oxygens (including phenoxy) is 2. The number of hydrogen-bond acceptors (Lipinski definition) is 3. The third-order valence-corrected chi connectivity index (χ3v) is 8.30. The van der Waals surface area contributed by atoms with Gasteiger partial charge in [-0.2, -0.15) is 0 Å². The van der Waals surface area contributed by atoms with Gasteiger partial charge in [0.25, 0.3) is 0 Å². The Hall–Kier alpha value is -0.930. The lowest BCUT2D eigenvalue weighted by molar-refractivity contribution is 0.00939. The van der Waals surface area contributed by atoms with E-state index in [2.05, 4.69) is 23.5 Å². The van der Waals surface area contributed by atoms with Crippen molar-refractivity contribution in [3.05, 3.63) is 23.8 Å². The van der Waals surface area contributed by atoms with Crippen molar-refractivity contribution < 1.29 is 9.47 Å². The molecule has 122 valence electrons. The highest BCUT2D eigenvalue weighted by molar-refractivity contribution is 5.85. The molecule has 7 rings (SSSR count). The normalized spacial score (nSPS) is 51.2. The Balaban J connectivity index is 0.00000112. The first-order valence-corrected chi connectivity index (χ1v) is 9.02. The fourth-order valence-corrected chi connectivity index (χ4v) is 8.03. The standard InChI is InChI=1S/C19H21NO2.ClH/c1-2-13-14(22-7-21-13)3-8(1)6-20-19-16-10-5-11-15-9(10)4-12(16)17(15)18(11)19;/h1-3,9-12,15-20H,4-7H2;1H/t9-,10-,11+,12+,15+,16-,17-,18-,19-;/m0./s1. The summed E-state index contributed by atoms with van der Waals surface area (Å²) in [5.74, 6) is 10.5. The molecule has 9 atom stereocenters. The fraction of sp³-hybridized carbons (Fsp3) is 0.684. The number of benzene rings is 1. The molecule has 1 N–H and O–H groups in total. The molecule has 0 amide bonds. The summed E-state index contributed by atoms with van der Waals surface area (Å²) in [5, 5.41) is 3.97. The van der Waals surface area contributed by atoms with Crippen molar-refractivity contribution in [1.29, 1.82) is 0 Å². The van der Waals surface area contributed by atoms with E-state index in [1.54, 1.807) is 12.8 Å². The number of hydrogen-bond donors (Lipinski definition) is 1. The highest BCUT2D eigenvalue weighted by Crippen LogP contribution is 2.82. The molecule has 1 aromatic rings. The van der Waals surface area contributed by atoms with Crippen LogP contribution in [-0.4, -0.2) is 12.8 Å². The molecule has 0 saturated heterocycles. The lowest BCUT2D eigenvalue weighted by Crippen LogP contribution is -2.51. The van der Waals surface area contributed by atoms with Crippen LogP contribution < -0.4 is 14.8 Å². The monoisotopic (exact) mass is 331 g/mol. The Bertz CT molecular complexity index is 688. The average molecular weight is 332 g/mol. The Labute approximate surface area is 142 Å². The summed E-state index contributed by atoms with van der Waals surface area (Å²) >= 11 is 0. The number of rotatable bonds is 3. The molecule has 4 heteroatoms. The van der Waals surface area contributed by atoms with Gasteiger partial charge in [0.05, 0.1) is 0 Å². The minimum absolute atomic E-state index is 0. The maximum atomic E-state index is 5.51. The second-order valence-corrected chi connectivity index (χ2v) is 8.53. The highest BCUT2D eigenvalue weighted by atomic mass is 35.5. The van der Waals surface area contributed by atoms with Crippen molar-refractivity contribution >= 4 is 12.4 Å². The summed E-state index contributed by atoms with van der Waals surface area (Å²) in [6, 6.07) is 7.21. The van der Waals surface area contributed by atoms with Crippen LogP contribution in [0, 0.1) is 47.3 Å². The Morgan fingerprint density at radius 3 is 2.57 bits per heavy atom. The van der Waals surface area contributed by atoms with Crippen LogP contribution in [0.4, 0.5) is 0 Å². The van der Waals surface area contributed by atoms with E-state index in [4.69, 9.17) is 9.47 Å². The van der Waals surface area contributed by atoms with Crippen molar-refractivity contribution in [3.8, 4) is 11.5 Å². The molecule has 5 aliphatic carbocycles. The first kappa shape index (κ1) is 13.4. The topological polar surface area (TPSA) is 30.5 Å². The maximum absolute atomic E-state index is 5.51. The molecule has 0 spiro atoms. The molecule has 0 radical (unpaired) electrons. The van der Waals surface area contributed by atoms with E-state index >= 15 is 0 Å². The third kappa shape index (κ3) is 1.36. The van der Waals surface area contributed by atoms with Crippen LogP contribution in [0.5, 0.6) is 11.5 Å². The fourth-order valence-electron chi connectivity index (χ4n) is 8.03. The predicted molar refractivity (Wildman–Crippen MR) is 87.6 cm³/mol. The van der Waals surface area contributed by atoms with Crippen LogP contribution in [0.2, 0.25) is 0 Å². The Morgan fingerprint density at radius 1 is 0.870 bits per heavy atom. The smallest absolute Gasteiger partial charge is 0.231 e. The van der Waals surface area contributed by atoms with E-state index in [9.17, 15) is 0 Å². The molecular weight excluding hydrogens is 310 g/mol. The SMILES string of the molecule is Cl.c1cc2c(cc1CN[C@H]1[C@@H]3[C@H]4C[C@H]5[C@@H]3C[C@@H]3[C@@H]5[C@H]4[C@H]31)OCO2. The van der Waals surface area contributed by atoms with Crippen molar-refractivity contribution in [2.75, 3.05) is 6.79 Å². The van der Waals surface area contributed by atoms with Gasteiger partial charge in [0, 0.05) is 12.6 Å². The molecule has 5 saturated carbocycles. The molecule has 23 heavy (non-hydrogen) atoms. The largest absolute Gasteiger partial charge is 0.454 e. The Kier molecular flexibility index (Phi) is 2.43. The predicted octanol–water partition coefficient (Wildman–Crippen LogP) is 3.07. The van der Waals surface area contributed by atoms with Gasteiger partial charge in [0.2, 0.25) is 6.79 Å². The van der Waals surface area contributed by atoms with Crippen LogP contribution >= 0.6 is 12.4 Å². The van der Waals surface area contributed by atoms with Gasteiger partial charge in [-0.1, -0.05) is 6.07 Å². The lowest BCUT2D eigenvalue weighted by atomic mass is 9.59. The third-order valence-electron chi connectivity index (χ3n) is 8.30. The zero-order valence-electron chi connectivity index (χ0n) is 13.0. The van der Waals surface area contributed by atoms with Crippen LogP contribution in [-0.2, 0) is 6.54 Å². The molecule has 1 heterocycles. The van der Waals surface area contributed by atoms with Crippen molar-refractivity contribution in [2.24, 2.45) is 47.3 Å². The molecule has 6 aliphatic rings. The molecular formula is C19H22ClNO2. The molecule has 1 aliphatic heterocycles. The molecule has 5 fully saturated rings. The zero-order valence-corrected chi connectivity index (χ0v) is 13.8. The quantitative estimate of drug-likeness (QED) is 0.923. The van der Waals surface area contributed by atoms with Gasteiger partial charge in [0.1, 0.15) is 0 Å². The second-order valence-electron chi connectivity index (χ2n) is 8.53. The van der Waals surface area contributed by atoms with Crippen LogP contribution in [0.1, 0.15) is 18.4 Å². The number of fused-ring (bicyclic) bond motifs is 3. The van der Waals surface area contributed by atoms with Crippen molar-refractivity contribution in [2.45, 2.75) is 25.4 Å². The van der Waals surface area contributed by atoms with Crippen molar-refractivity contribution in [1.82, 2.24) is 5.32 Å². The van der Waals surface area contributed by atoms with E-state index in [-0.39, 0.29) is 12.4 Å². The molecule has 1 aromatic carbocycles. The summed E-state index contributed by atoms with van der Waals surface area (Å²) in [6.07, 6.45) is 3.17. The van der Waals surface area contributed by atoms with Crippen molar-refractivity contribution in [3.63, 3.8) is 0 Å². The number of halogens is 1. The molecule has 0 aromatic heterocycles. The Morgan fingerprint density at radius 2 is 1.65 bits per heavy atom. The summed E-state index contributed by atoms with van der Waals surface area (Å²) < 4.78 is 10.9. The summed E-state index contributed by atoms with van der Waals surface area (Å²) in [4.78, 5) is 0. The molecule has 0 unspecified atom stereocenters. The van der Waals surface area contributed by atoms with Crippen LogP contribution in [0.3, 0.4) is 0 Å². The van der Waals surface area contributed by atoms with Gasteiger partial charge in [-0.05, 0) is 77.9 Å². The maximum Gasteiger partial charge on any atom is 0.231 e. The minimum atomic E-state index is 0. The zero-order chi connectivity index (χ0) is 14.0. The van der Waals surface area contributed by atoms with Crippen LogP contribution in [0.15, 0.2) is 18.2 Å². The van der Waals surface area contributed by atoms with Gasteiger partial charge < -0.3 is 14.8 Å². The van der Waals surface area contributed by atoms with Gasteiger partial charge in [-0.15, -0.1) is 12.4 Å². The molecule has 2 bridgehead atoms. The van der Waals surface area contributed by atoms with Gasteiger partial charge in [-0.25, -0.2) is 0 Å². The number of nitrogens with one attached hydrogen (secondary N) is 1. The van der Waals surface area contributed by atoms with Gasteiger partial charge in [-0.3, -0.25) is 0 Å². The minimum Gasteiger partial charge on any atom is -0.454 e. The van der Waals surface area contributed by atoms with Crippen LogP contribution in [0.25, 0.3) is 0 Å². The summed E-state index contributed by atoms with van der Waals surface area (Å²) in [7, 11) is 0. The molecule has 3 nitrogen and oxygen atoms in total. The highest BCUT2D eigenvalue weighted by Gasteiger charge is 2.80. The summed E-state index contributed by atoms with van der Waals surface area (Å²) in [6.45, 7) is 1.36. The van der Waals surface area contributed by atoms with E-state index < -0.39 is 0 Å². The van der Waals surface area contributed by atoms with E-state index in [1.165, 1.54) is 5.56 Å². The van der Waals surface area contributed by atoms with E-state index in [0.29, 0.717) is 6.79 Å². The van der Waals surface area contributed by atoms with Gasteiger partial charge >= 0.3 is 0 Å². The average Bonchev–Trinajstić information content (AvgIpc) is 3.19. The van der Waals surface area contributed by atoms with Gasteiger partial charge in [0.15, 0.2) is 11.5 Å². The lowest BCUT2D eigenvalue weighted by Gasteiger charge is -2.48. The summed E-state index contributed by atoms with van der Waals surface area (Å²) in [5.41, 5.74) is 1.34. The van der Waals surface area contributed by atoms with E-state index in [1.807, 2.05) is 0 Å². The first-order chi connectivity index (χ1) is 10.9. The first-order valence-electron chi connectivity index (χ1n) is 9.02. The van der Waals surface area contributed by atoms with E-state index in [0.717, 1.165) is 71.4 Å².